The molecular weight excluding hydrogens is 242 g/mol. The molecule has 0 fully saturated rings. The Bertz CT molecular complexity index is 474. The van der Waals surface area contributed by atoms with E-state index in [4.69, 9.17) is 10.8 Å². The topological polar surface area (TPSA) is 78.6 Å². The van der Waals surface area contributed by atoms with E-state index >= 15 is 0 Å². The fourth-order valence-corrected chi connectivity index (χ4v) is 2.42. The number of nitrogens with one attached hydrogen (secondary N) is 1. The maximum atomic E-state index is 11.4. The summed E-state index contributed by atoms with van der Waals surface area (Å²) in [5.74, 6) is 0.0571. The van der Waals surface area contributed by atoms with Crippen molar-refractivity contribution >= 4 is 23.0 Å². The van der Waals surface area contributed by atoms with Crippen LogP contribution in [0.1, 0.15) is 25.3 Å². The maximum absolute atomic E-state index is 11.4. The molecule has 0 saturated heterocycles. The summed E-state index contributed by atoms with van der Waals surface area (Å²) in [6.45, 7) is 3.79. The van der Waals surface area contributed by atoms with Gasteiger partial charge in [0, 0.05) is 31.8 Å². The van der Waals surface area contributed by atoms with E-state index in [1.807, 2.05) is 12.1 Å². The molecule has 1 aliphatic heterocycles. The van der Waals surface area contributed by atoms with E-state index < -0.39 is 0 Å². The summed E-state index contributed by atoms with van der Waals surface area (Å²) >= 11 is 0. The normalized spacial score (nSPS) is 13.9. The molecule has 0 unspecified atom stereocenters. The second-order valence-corrected chi connectivity index (χ2v) is 4.77. The summed E-state index contributed by atoms with van der Waals surface area (Å²) in [7, 11) is 0. The molecule has 1 aromatic carbocycles. The van der Waals surface area contributed by atoms with E-state index in [-0.39, 0.29) is 12.5 Å². The van der Waals surface area contributed by atoms with Crippen LogP contribution >= 0.6 is 0 Å². The summed E-state index contributed by atoms with van der Waals surface area (Å²) in [6.07, 6.45) is 1.97. The number of nitrogens with zero attached hydrogens (tertiary/aromatic N) is 1. The van der Waals surface area contributed by atoms with Crippen LogP contribution in [0.15, 0.2) is 12.1 Å². The lowest BCUT2D eigenvalue weighted by Gasteiger charge is -2.27. The van der Waals surface area contributed by atoms with Gasteiger partial charge in [-0.15, -0.1) is 0 Å². The average Bonchev–Trinajstić information content (AvgIpc) is 2.40. The van der Waals surface area contributed by atoms with Crippen LogP contribution in [0.3, 0.4) is 0 Å². The largest absolute Gasteiger partial charge is 0.397 e. The number of benzene rings is 1. The van der Waals surface area contributed by atoms with E-state index in [0.29, 0.717) is 12.8 Å². The monoisotopic (exact) mass is 263 g/mol. The van der Waals surface area contributed by atoms with Crippen molar-refractivity contribution in [2.24, 2.45) is 0 Å². The number of nitrogens with two attached hydrogens (primary N) is 1. The molecule has 2 rings (SSSR count). The summed E-state index contributed by atoms with van der Waals surface area (Å²) < 4.78 is 0. The minimum absolute atomic E-state index is 0.0571. The van der Waals surface area contributed by atoms with Crippen LogP contribution in [-0.4, -0.2) is 30.7 Å². The Morgan fingerprint density at radius 2 is 2.21 bits per heavy atom. The van der Waals surface area contributed by atoms with E-state index in [0.717, 1.165) is 42.1 Å². The zero-order valence-corrected chi connectivity index (χ0v) is 11.3. The Morgan fingerprint density at radius 3 is 2.89 bits per heavy atom. The Labute approximate surface area is 113 Å². The number of nitrogen functional groups attached to an aromatic ring is 1. The van der Waals surface area contributed by atoms with Crippen LogP contribution < -0.4 is 16.0 Å². The summed E-state index contributed by atoms with van der Waals surface area (Å²) in [5, 5.41) is 11.8. The number of amides is 1. The third-order valence-corrected chi connectivity index (χ3v) is 3.46. The van der Waals surface area contributed by atoms with Crippen LogP contribution in [0.25, 0.3) is 0 Å². The molecule has 1 amide bonds. The minimum atomic E-state index is 0.0571. The van der Waals surface area contributed by atoms with E-state index in [1.54, 1.807) is 0 Å². The van der Waals surface area contributed by atoms with Gasteiger partial charge < -0.3 is 21.1 Å². The average molecular weight is 263 g/mol. The quantitative estimate of drug-likeness (QED) is 0.701. The number of rotatable bonds is 5. The molecule has 104 valence electrons. The van der Waals surface area contributed by atoms with Gasteiger partial charge >= 0.3 is 0 Å². The van der Waals surface area contributed by atoms with Gasteiger partial charge in [-0.2, -0.15) is 0 Å². The Hall–Kier alpha value is -1.75. The maximum Gasteiger partial charge on any atom is 0.224 e. The number of fused-ring (bicyclic) bond motifs is 1. The highest BCUT2D eigenvalue weighted by Crippen LogP contribution is 2.33. The van der Waals surface area contributed by atoms with Gasteiger partial charge in [-0.3, -0.25) is 4.79 Å². The van der Waals surface area contributed by atoms with E-state index in [1.165, 1.54) is 0 Å². The second-order valence-electron chi connectivity index (χ2n) is 4.77. The third-order valence-electron chi connectivity index (χ3n) is 3.46. The molecule has 0 radical (unpaired) electrons. The Morgan fingerprint density at radius 1 is 1.42 bits per heavy atom. The molecule has 5 nitrogen and oxygen atoms in total. The van der Waals surface area contributed by atoms with Crippen LogP contribution in [0, 0.1) is 0 Å². The molecule has 19 heavy (non-hydrogen) atoms. The molecular formula is C14H21N3O2. The Balaban J connectivity index is 2.29. The standard InChI is InChI=1S/C14H21N3O2/c1-2-17(6-3-7-18)13-9-12-10(8-11(13)15)4-5-14(19)16-12/h8-9,18H,2-7,15H2,1H3,(H,16,19). The predicted octanol–water partition coefficient (Wildman–Crippen LogP) is 1.36. The zero-order valence-electron chi connectivity index (χ0n) is 11.3. The summed E-state index contributed by atoms with van der Waals surface area (Å²) in [6, 6.07) is 3.90. The highest BCUT2D eigenvalue weighted by atomic mass is 16.3. The lowest BCUT2D eigenvalue weighted by molar-refractivity contribution is -0.116. The van der Waals surface area contributed by atoms with Crippen molar-refractivity contribution in [2.75, 3.05) is 35.6 Å². The third kappa shape index (κ3) is 2.98. The van der Waals surface area contributed by atoms with E-state index in [2.05, 4.69) is 17.1 Å². The first kappa shape index (κ1) is 13.7. The number of carbonyl (C=O) groups is 1. The Kier molecular flexibility index (Phi) is 4.27. The van der Waals surface area contributed by atoms with Crippen LogP contribution in [0.5, 0.6) is 0 Å². The zero-order chi connectivity index (χ0) is 13.8. The van der Waals surface area contributed by atoms with Gasteiger partial charge in [-0.05, 0) is 37.5 Å². The van der Waals surface area contributed by atoms with Crippen molar-refractivity contribution in [1.82, 2.24) is 0 Å². The van der Waals surface area contributed by atoms with Crippen molar-refractivity contribution in [3.63, 3.8) is 0 Å². The first-order chi connectivity index (χ1) is 9.15. The lowest BCUT2D eigenvalue weighted by Crippen LogP contribution is -2.26. The fraction of sp³-hybridized carbons (Fsp3) is 0.500. The van der Waals surface area contributed by atoms with Crippen molar-refractivity contribution in [3.05, 3.63) is 17.7 Å². The molecule has 0 aromatic heterocycles. The molecule has 1 aromatic rings. The smallest absolute Gasteiger partial charge is 0.224 e. The molecule has 0 aliphatic carbocycles. The predicted molar refractivity (Wildman–Crippen MR) is 77.4 cm³/mol. The van der Waals surface area contributed by atoms with Crippen LogP contribution in [-0.2, 0) is 11.2 Å². The van der Waals surface area contributed by atoms with Gasteiger partial charge in [-0.1, -0.05) is 0 Å². The number of hydrogen-bond donors (Lipinski definition) is 3. The number of aryl methyl sites for hydroxylation is 1. The fourth-order valence-electron chi connectivity index (χ4n) is 2.42. The number of aliphatic hydroxyl groups is 1. The van der Waals surface area contributed by atoms with Gasteiger partial charge in [0.25, 0.3) is 0 Å². The molecule has 1 heterocycles. The number of anilines is 3. The van der Waals surface area contributed by atoms with Crippen LogP contribution in [0.2, 0.25) is 0 Å². The van der Waals surface area contributed by atoms with E-state index in [9.17, 15) is 4.79 Å². The molecule has 1 aliphatic rings. The van der Waals surface area contributed by atoms with Gasteiger partial charge in [0.15, 0.2) is 0 Å². The lowest BCUT2D eigenvalue weighted by atomic mass is 10.0. The SMILES string of the molecule is CCN(CCCO)c1cc2c(cc1N)CCC(=O)N2. The molecule has 5 heteroatoms. The molecule has 4 N–H and O–H groups in total. The summed E-state index contributed by atoms with van der Waals surface area (Å²) in [5.41, 5.74) is 9.73. The highest BCUT2D eigenvalue weighted by Gasteiger charge is 2.18. The number of hydrogen-bond acceptors (Lipinski definition) is 4. The van der Waals surface area contributed by atoms with Crippen molar-refractivity contribution in [1.29, 1.82) is 0 Å². The van der Waals surface area contributed by atoms with Crippen molar-refractivity contribution in [2.45, 2.75) is 26.2 Å². The van der Waals surface area contributed by atoms with Crippen LogP contribution in [0.4, 0.5) is 17.1 Å². The van der Waals surface area contributed by atoms with Crippen molar-refractivity contribution in [3.8, 4) is 0 Å². The molecule has 0 atom stereocenters. The molecule has 0 bridgehead atoms. The first-order valence-electron chi connectivity index (χ1n) is 6.73. The van der Waals surface area contributed by atoms with Gasteiger partial charge in [0.05, 0.1) is 11.4 Å². The highest BCUT2D eigenvalue weighted by molar-refractivity contribution is 5.95. The molecule has 0 spiro atoms. The van der Waals surface area contributed by atoms with Crippen molar-refractivity contribution < 1.29 is 9.90 Å². The van der Waals surface area contributed by atoms with Gasteiger partial charge in [0.1, 0.15) is 0 Å². The van der Waals surface area contributed by atoms with Gasteiger partial charge in [-0.25, -0.2) is 0 Å². The number of aliphatic hydroxyl groups excluding tert-OH is 1. The van der Waals surface area contributed by atoms with Gasteiger partial charge in [0.2, 0.25) is 5.91 Å². The second kappa shape index (κ2) is 5.93. The molecule has 0 saturated carbocycles. The first-order valence-corrected chi connectivity index (χ1v) is 6.73. The minimum Gasteiger partial charge on any atom is -0.397 e. The summed E-state index contributed by atoms with van der Waals surface area (Å²) in [4.78, 5) is 13.6. The number of carbonyl (C=O) groups excluding carboxylic acids is 1.